The summed E-state index contributed by atoms with van der Waals surface area (Å²) in [5.41, 5.74) is 0.105. The Kier molecular flexibility index (Phi) is 9.56. The molecular weight excluding hydrogens is 592 g/mol. The third kappa shape index (κ3) is 7.43. The lowest BCUT2D eigenvalue weighted by atomic mass is 9.98. The van der Waals surface area contributed by atoms with Crippen molar-refractivity contribution in [2.45, 2.75) is 58.4 Å². The standard InChI is InChI=1S/C29H27ClO13/c1-13(31)37-12-23-26(39-14(2)32)27(40-15(3)33)28(41-16(4)34)29(43-23)42-19-9-21(35)24-22(10-19)38-11-20(25(24)36)17-5-7-18(30)8-6-17/h5-11,23,26-29,35H,12H2,1-4H3/t23-,26-,27-,28-,29+/m0/s1. The van der Waals surface area contributed by atoms with Crippen LogP contribution in [0.4, 0.5) is 0 Å². The van der Waals surface area contributed by atoms with Crippen LogP contribution in [-0.4, -0.2) is 66.3 Å². The molecule has 3 aromatic rings. The second-order valence-corrected chi connectivity index (χ2v) is 9.92. The predicted octanol–water partition coefficient (Wildman–Crippen LogP) is 3.28. The number of carbonyl (C=O) groups excluding carboxylic acids is 4. The summed E-state index contributed by atoms with van der Waals surface area (Å²) in [5.74, 6) is -3.70. The summed E-state index contributed by atoms with van der Waals surface area (Å²) >= 11 is 5.94. The largest absolute Gasteiger partial charge is 0.507 e. The number of hydrogen-bond donors (Lipinski definition) is 1. The highest BCUT2D eigenvalue weighted by Gasteiger charge is 2.53. The van der Waals surface area contributed by atoms with E-state index in [1.165, 1.54) is 12.3 Å². The van der Waals surface area contributed by atoms with Gasteiger partial charge in [0.05, 0.1) is 5.56 Å². The highest BCUT2D eigenvalue weighted by atomic mass is 35.5. The van der Waals surface area contributed by atoms with Crippen molar-refractivity contribution in [2.24, 2.45) is 0 Å². The van der Waals surface area contributed by atoms with E-state index < -0.39 is 72.4 Å². The van der Waals surface area contributed by atoms with E-state index in [1.807, 2.05) is 0 Å². The number of phenols is 1. The van der Waals surface area contributed by atoms with Crippen molar-refractivity contribution in [2.75, 3.05) is 6.61 Å². The van der Waals surface area contributed by atoms with Gasteiger partial charge in [0.2, 0.25) is 17.8 Å². The van der Waals surface area contributed by atoms with Gasteiger partial charge in [0, 0.05) is 44.9 Å². The van der Waals surface area contributed by atoms with Crippen LogP contribution in [0.15, 0.2) is 51.9 Å². The van der Waals surface area contributed by atoms with Crippen LogP contribution in [0, 0.1) is 0 Å². The zero-order valence-corrected chi connectivity index (χ0v) is 24.1. The second-order valence-electron chi connectivity index (χ2n) is 9.49. The maximum absolute atomic E-state index is 13.2. The first-order chi connectivity index (χ1) is 20.3. The van der Waals surface area contributed by atoms with Gasteiger partial charge in [-0.3, -0.25) is 24.0 Å². The third-order valence-corrected chi connectivity index (χ3v) is 6.44. The van der Waals surface area contributed by atoms with E-state index in [2.05, 4.69) is 0 Å². The molecule has 228 valence electrons. The van der Waals surface area contributed by atoms with Crippen molar-refractivity contribution in [1.29, 1.82) is 0 Å². The molecule has 0 unspecified atom stereocenters. The van der Waals surface area contributed by atoms with Crippen LogP contribution in [0.2, 0.25) is 5.02 Å². The molecule has 1 aliphatic heterocycles. The molecule has 1 aromatic heterocycles. The Morgan fingerprint density at radius 1 is 0.860 bits per heavy atom. The molecule has 14 heteroatoms. The van der Waals surface area contributed by atoms with E-state index in [0.29, 0.717) is 10.6 Å². The number of hydrogen-bond acceptors (Lipinski definition) is 13. The zero-order chi connectivity index (χ0) is 31.4. The fraction of sp³-hybridized carbons (Fsp3) is 0.345. The van der Waals surface area contributed by atoms with E-state index in [0.717, 1.165) is 33.8 Å². The van der Waals surface area contributed by atoms with Gasteiger partial charge in [0.1, 0.15) is 41.4 Å². The molecule has 1 fully saturated rings. The molecule has 5 atom stereocenters. The van der Waals surface area contributed by atoms with Gasteiger partial charge in [-0.05, 0) is 17.7 Å². The van der Waals surface area contributed by atoms with Gasteiger partial charge < -0.3 is 37.9 Å². The molecule has 0 saturated carbocycles. The summed E-state index contributed by atoms with van der Waals surface area (Å²) in [6.45, 7) is 3.96. The molecule has 0 aliphatic carbocycles. The number of halogens is 1. The molecule has 4 rings (SSSR count). The Hall–Kier alpha value is -4.62. The Morgan fingerprint density at radius 3 is 2.07 bits per heavy atom. The Labute approximate surface area is 249 Å². The fourth-order valence-corrected chi connectivity index (χ4v) is 4.65. The first-order valence-electron chi connectivity index (χ1n) is 12.9. The quantitative estimate of drug-likeness (QED) is 0.288. The number of rotatable bonds is 8. The van der Waals surface area contributed by atoms with Crippen molar-refractivity contribution in [1.82, 2.24) is 0 Å². The number of carbonyl (C=O) groups is 4. The maximum Gasteiger partial charge on any atom is 0.303 e. The minimum absolute atomic E-state index is 0.0525. The normalized spacial score (nSPS) is 21.5. The molecule has 43 heavy (non-hydrogen) atoms. The first-order valence-corrected chi connectivity index (χ1v) is 13.2. The molecule has 1 saturated heterocycles. The Balaban J connectivity index is 1.74. The molecule has 13 nitrogen and oxygen atoms in total. The Bertz CT molecular complexity index is 1600. The highest BCUT2D eigenvalue weighted by Crippen LogP contribution is 2.35. The third-order valence-electron chi connectivity index (χ3n) is 6.19. The lowest BCUT2D eigenvalue weighted by Gasteiger charge is -2.43. The van der Waals surface area contributed by atoms with Crippen LogP contribution < -0.4 is 10.2 Å². The molecule has 0 spiro atoms. The number of phenolic OH excluding ortho intramolecular Hbond substituents is 1. The lowest BCUT2D eigenvalue weighted by molar-refractivity contribution is -0.288. The van der Waals surface area contributed by atoms with Crippen LogP contribution in [-0.2, 0) is 42.9 Å². The zero-order valence-electron chi connectivity index (χ0n) is 23.4. The number of benzene rings is 2. The van der Waals surface area contributed by atoms with E-state index in [4.69, 9.17) is 44.4 Å². The smallest absolute Gasteiger partial charge is 0.303 e. The SMILES string of the molecule is CC(=O)OC[C@@H]1O[C@@H](Oc2cc(O)c3c(=O)c(-c4ccc(Cl)cc4)coc3c2)[C@@H](OC(C)=O)[C@@H](OC(C)=O)[C@H]1OC(C)=O. The number of aromatic hydroxyl groups is 1. The van der Waals surface area contributed by atoms with Crippen LogP contribution in [0.3, 0.4) is 0 Å². The van der Waals surface area contributed by atoms with Gasteiger partial charge in [0.25, 0.3) is 0 Å². The fourth-order valence-electron chi connectivity index (χ4n) is 4.52. The van der Waals surface area contributed by atoms with Gasteiger partial charge in [-0.25, -0.2) is 0 Å². The van der Waals surface area contributed by atoms with Crippen LogP contribution >= 0.6 is 11.6 Å². The van der Waals surface area contributed by atoms with Crippen molar-refractivity contribution < 1.29 is 57.1 Å². The molecule has 0 radical (unpaired) electrons. The summed E-state index contributed by atoms with van der Waals surface area (Å²) in [5, 5.41) is 11.2. The van der Waals surface area contributed by atoms with Gasteiger partial charge in [-0.15, -0.1) is 0 Å². The van der Waals surface area contributed by atoms with Crippen LogP contribution in [0.5, 0.6) is 11.5 Å². The molecule has 1 aliphatic rings. The average Bonchev–Trinajstić information content (AvgIpc) is 2.91. The first kappa shape index (κ1) is 31.3. The van der Waals surface area contributed by atoms with Crippen molar-refractivity contribution in [3.8, 4) is 22.6 Å². The lowest BCUT2D eigenvalue weighted by Crippen LogP contribution is -2.63. The van der Waals surface area contributed by atoms with Gasteiger partial charge in [0.15, 0.2) is 12.2 Å². The van der Waals surface area contributed by atoms with Crippen molar-refractivity contribution in [3.63, 3.8) is 0 Å². The molecule has 1 N–H and O–H groups in total. The van der Waals surface area contributed by atoms with Gasteiger partial charge in [-0.1, -0.05) is 23.7 Å². The predicted molar refractivity (Wildman–Crippen MR) is 147 cm³/mol. The van der Waals surface area contributed by atoms with Crippen molar-refractivity contribution >= 4 is 46.4 Å². The number of esters is 4. The van der Waals surface area contributed by atoms with Crippen molar-refractivity contribution in [3.05, 3.63) is 57.9 Å². The van der Waals surface area contributed by atoms with E-state index in [-0.39, 0.29) is 22.3 Å². The Morgan fingerprint density at radius 2 is 1.47 bits per heavy atom. The minimum Gasteiger partial charge on any atom is -0.507 e. The van der Waals surface area contributed by atoms with E-state index in [1.54, 1.807) is 24.3 Å². The summed E-state index contributed by atoms with van der Waals surface area (Å²) in [4.78, 5) is 60.8. The average molecular weight is 619 g/mol. The van der Waals surface area contributed by atoms with Crippen LogP contribution in [0.25, 0.3) is 22.1 Å². The summed E-state index contributed by atoms with van der Waals surface area (Å²) in [7, 11) is 0. The van der Waals surface area contributed by atoms with E-state index in [9.17, 15) is 29.1 Å². The summed E-state index contributed by atoms with van der Waals surface area (Å²) in [6, 6.07) is 8.85. The number of fused-ring (bicyclic) bond motifs is 1. The molecule has 0 amide bonds. The van der Waals surface area contributed by atoms with Gasteiger partial charge in [-0.2, -0.15) is 0 Å². The summed E-state index contributed by atoms with van der Waals surface area (Å²) < 4.78 is 38.6. The number of ether oxygens (including phenoxy) is 6. The second kappa shape index (κ2) is 13.1. The highest BCUT2D eigenvalue weighted by molar-refractivity contribution is 6.30. The molecule has 2 aromatic carbocycles. The maximum atomic E-state index is 13.2. The minimum atomic E-state index is -1.56. The topological polar surface area (TPSA) is 174 Å². The van der Waals surface area contributed by atoms with Gasteiger partial charge >= 0.3 is 23.9 Å². The van der Waals surface area contributed by atoms with Crippen LogP contribution in [0.1, 0.15) is 27.7 Å². The molecular formula is C29H27ClO13. The molecule has 0 bridgehead atoms. The monoisotopic (exact) mass is 618 g/mol. The molecule has 2 heterocycles. The summed E-state index contributed by atoms with van der Waals surface area (Å²) in [6.07, 6.45) is -5.93. The van der Waals surface area contributed by atoms with E-state index >= 15 is 0 Å².